The summed E-state index contributed by atoms with van der Waals surface area (Å²) in [4.78, 5) is 0. The highest BCUT2D eigenvalue weighted by atomic mass is 35.5. The molecule has 1 aliphatic rings. The van der Waals surface area contributed by atoms with Crippen molar-refractivity contribution < 1.29 is 4.74 Å². The van der Waals surface area contributed by atoms with E-state index >= 15 is 0 Å². The Morgan fingerprint density at radius 2 is 2.00 bits per heavy atom. The molecule has 0 atom stereocenters. The van der Waals surface area contributed by atoms with Gasteiger partial charge in [-0.1, -0.05) is 36.6 Å². The van der Waals surface area contributed by atoms with Crippen molar-refractivity contribution in [2.24, 2.45) is 0 Å². The van der Waals surface area contributed by atoms with Crippen molar-refractivity contribution in [2.45, 2.75) is 31.8 Å². The lowest BCUT2D eigenvalue weighted by Crippen LogP contribution is -2.15. The molecule has 0 unspecified atom stereocenters. The molecule has 3 heteroatoms. The molecule has 88 valence electrons. The lowest BCUT2D eigenvalue weighted by molar-refractivity contribution is 0.0659. The van der Waals surface area contributed by atoms with Crippen LogP contribution < -0.4 is 5.32 Å². The number of anilines is 1. The average molecular weight is 240 g/mol. The lowest BCUT2D eigenvalue weighted by Gasteiger charge is -2.12. The van der Waals surface area contributed by atoms with Crippen LogP contribution in [0.15, 0.2) is 24.3 Å². The molecular formula is C13H18ClNO. The molecule has 1 fully saturated rings. The first-order chi connectivity index (χ1) is 7.86. The Labute approximate surface area is 102 Å². The van der Waals surface area contributed by atoms with Crippen LogP contribution in [-0.4, -0.2) is 19.3 Å². The van der Waals surface area contributed by atoms with Gasteiger partial charge >= 0.3 is 0 Å². The zero-order valence-corrected chi connectivity index (χ0v) is 10.2. The minimum absolute atomic E-state index is 0.494. The summed E-state index contributed by atoms with van der Waals surface area (Å²) in [5.41, 5.74) is 0.985. The van der Waals surface area contributed by atoms with E-state index < -0.39 is 0 Å². The van der Waals surface area contributed by atoms with Gasteiger partial charge in [-0.2, -0.15) is 0 Å². The third-order valence-corrected chi connectivity index (χ3v) is 3.28. The smallest absolute Gasteiger partial charge is 0.0642 e. The molecule has 1 N–H and O–H groups in total. The van der Waals surface area contributed by atoms with Gasteiger partial charge in [-0.05, 0) is 25.0 Å². The van der Waals surface area contributed by atoms with Gasteiger partial charge < -0.3 is 10.1 Å². The number of ether oxygens (including phenoxy) is 1. The minimum atomic E-state index is 0.494. The predicted molar refractivity (Wildman–Crippen MR) is 68.1 cm³/mol. The zero-order valence-electron chi connectivity index (χ0n) is 9.42. The van der Waals surface area contributed by atoms with Crippen molar-refractivity contribution in [1.29, 1.82) is 0 Å². The molecular weight excluding hydrogens is 222 g/mol. The molecule has 0 aliphatic heterocycles. The monoisotopic (exact) mass is 239 g/mol. The molecule has 0 bridgehead atoms. The van der Waals surface area contributed by atoms with Crippen LogP contribution in [0.4, 0.5) is 5.69 Å². The molecule has 0 amide bonds. The second kappa shape index (κ2) is 6.12. The van der Waals surface area contributed by atoms with Crippen LogP contribution in [0.2, 0.25) is 5.02 Å². The van der Waals surface area contributed by atoms with Gasteiger partial charge in [-0.25, -0.2) is 0 Å². The lowest BCUT2D eigenvalue weighted by atomic mass is 10.3. The van der Waals surface area contributed by atoms with Crippen LogP contribution in [-0.2, 0) is 4.74 Å². The molecule has 0 spiro atoms. The first kappa shape index (κ1) is 11.7. The largest absolute Gasteiger partial charge is 0.382 e. The molecule has 1 aromatic rings. The number of rotatable bonds is 5. The first-order valence-electron chi connectivity index (χ1n) is 5.96. The Morgan fingerprint density at radius 3 is 2.75 bits per heavy atom. The summed E-state index contributed by atoms with van der Waals surface area (Å²) in [5, 5.41) is 4.05. The van der Waals surface area contributed by atoms with Crippen molar-refractivity contribution in [3.8, 4) is 0 Å². The number of nitrogens with one attached hydrogen (secondary N) is 1. The third-order valence-electron chi connectivity index (χ3n) is 2.95. The molecule has 0 saturated heterocycles. The fourth-order valence-corrected chi connectivity index (χ4v) is 2.27. The maximum Gasteiger partial charge on any atom is 0.0642 e. The molecule has 1 aliphatic carbocycles. The molecule has 2 rings (SSSR count). The van der Waals surface area contributed by atoms with Crippen molar-refractivity contribution >= 4 is 17.3 Å². The predicted octanol–water partition coefficient (Wildman–Crippen LogP) is 3.71. The van der Waals surface area contributed by atoms with Crippen LogP contribution in [0.25, 0.3) is 0 Å². The van der Waals surface area contributed by atoms with Gasteiger partial charge in [0.2, 0.25) is 0 Å². The van der Waals surface area contributed by atoms with Crippen LogP contribution in [0.1, 0.15) is 25.7 Å². The standard InChI is InChI=1S/C13H18ClNO/c14-12-7-3-4-8-13(12)15-9-10-16-11-5-1-2-6-11/h3-4,7-8,11,15H,1-2,5-6,9-10H2. The van der Waals surface area contributed by atoms with E-state index in [1.807, 2.05) is 24.3 Å². The van der Waals surface area contributed by atoms with Gasteiger partial charge in [0.1, 0.15) is 0 Å². The van der Waals surface area contributed by atoms with Gasteiger partial charge in [0.25, 0.3) is 0 Å². The zero-order chi connectivity index (χ0) is 11.2. The quantitative estimate of drug-likeness (QED) is 0.791. The van der Waals surface area contributed by atoms with Crippen molar-refractivity contribution in [3.63, 3.8) is 0 Å². The Hall–Kier alpha value is -0.730. The first-order valence-corrected chi connectivity index (χ1v) is 6.34. The minimum Gasteiger partial charge on any atom is -0.382 e. The van der Waals surface area contributed by atoms with Crippen LogP contribution in [0.5, 0.6) is 0 Å². The summed E-state index contributed by atoms with van der Waals surface area (Å²) >= 11 is 6.03. The summed E-state index contributed by atoms with van der Waals surface area (Å²) in [7, 11) is 0. The number of hydrogen-bond donors (Lipinski definition) is 1. The van der Waals surface area contributed by atoms with Gasteiger partial charge in [0, 0.05) is 6.54 Å². The normalized spacial score (nSPS) is 16.6. The fourth-order valence-electron chi connectivity index (χ4n) is 2.07. The molecule has 0 aromatic heterocycles. The Morgan fingerprint density at radius 1 is 1.25 bits per heavy atom. The number of halogens is 1. The molecule has 2 nitrogen and oxygen atoms in total. The maximum atomic E-state index is 6.03. The summed E-state index contributed by atoms with van der Waals surface area (Å²) in [6.07, 6.45) is 5.59. The summed E-state index contributed by atoms with van der Waals surface area (Å²) < 4.78 is 5.76. The number of para-hydroxylation sites is 1. The molecule has 1 saturated carbocycles. The van der Waals surface area contributed by atoms with Crippen molar-refractivity contribution in [3.05, 3.63) is 29.3 Å². The van der Waals surface area contributed by atoms with E-state index in [9.17, 15) is 0 Å². The maximum absolute atomic E-state index is 6.03. The Kier molecular flexibility index (Phi) is 4.49. The summed E-state index contributed by atoms with van der Waals surface area (Å²) in [5.74, 6) is 0. The summed E-state index contributed by atoms with van der Waals surface area (Å²) in [6.45, 7) is 1.58. The highest BCUT2D eigenvalue weighted by Crippen LogP contribution is 2.21. The second-order valence-corrected chi connectivity index (χ2v) is 4.59. The van der Waals surface area contributed by atoms with E-state index in [1.54, 1.807) is 0 Å². The highest BCUT2D eigenvalue weighted by Gasteiger charge is 2.14. The van der Waals surface area contributed by atoms with E-state index in [4.69, 9.17) is 16.3 Å². The molecule has 1 aromatic carbocycles. The fraction of sp³-hybridized carbons (Fsp3) is 0.538. The van der Waals surface area contributed by atoms with E-state index in [0.29, 0.717) is 6.10 Å². The van der Waals surface area contributed by atoms with E-state index in [1.165, 1.54) is 25.7 Å². The van der Waals surface area contributed by atoms with E-state index in [-0.39, 0.29) is 0 Å². The Balaban J connectivity index is 1.66. The molecule has 0 radical (unpaired) electrons. The van der Waals surface area contributed by atoms with Crippen LogP contribution >= 0.6 is 11.6 Å². The highest BCUT2D eigenvalue weighted by molar-refractivity contribution is 6.33. The number of hydrogen-bond acceptors (Lipinski definition) is 2. The van der Waals surface area contributed by atoms with Crippen LogP contribution in [0.3, 0.4) is 0 Å². The van der Waals surface area contributed by atoms with Gasteiger partial charge in [-0.3, -0.25) is 0 Å². The molecule has 16 heavy (non-hydrogen) atoms. The SMILES string of the molecule is Clc1ccccc1NCCOC1CCCC1. The third kappa shape index (κ3) is 3.39. The summed E-state index contributed by atoms with van der Waals surface area (Å²) in [6, 6.07) is 7.79. The van der Waals surface area contributed by atoms with Crippen molar-refractivity contribution in [1.82, 2.24) is 0 Å². The van der Waals surface area contributed by atoms with E-state index in [0.717, 1.165) is 23.9 Å². The van der Waals surface area contributed by atoms with Crippen LogP contribution in [0, 0.1) is 0 Å². The van der Waals surface area contributed by atoms with Gasteiger partial charge in [0.15, 0.2) is 0 Å². The average Bonchev–Trinajstić information content (AvgIpc) is 2.79. The molecule has 0 heterocycles. The van der Waals surface area contributed by atoms with E-state index in [2.05, 4.69) is 5.32 Å². The van der Waals surface area contributed by atoms with Gasteiger partial charge in [0.05, 0.1) is 23.4 Å². The second-order valence-electron chi connectivity index (χ2n) is 4.18. The van der Waals surface area contributed by atoms with Gasteiger partial charge in [-0.15, -0.1) is 0 Å². The van der Waals surface area contributed by atoms with Crippen molar-refractivity contribution in [2.75, 3.05) is 18.5 Å². The Bertz CT molecular complexity index is 323. The number of benzene rings is 1. The topological polar surface area (TPSA) is 21.3 Å².